The normalized spacial score (nSPS) is 17.8. The van der Waals surface area contributed by atoms with E-state index in [1.54, 1.807) is 30.5 Å². The molecule has 1 unspecified atom stereocenters. The van der Waals surface area contributed by atoms with Gasteiger partial charge in [-0.25, -0.2) is 9.69 Å². The molecule has 6 nitrogen and oxygen atoms in total. The summed E-state index contributed by atoms with van der Waals surface area (Å²) in [5.74, 6) is 1.11. The molecule has 0 saturated carbocycles. The van der Waals surface area contributed by atoms with Gasteiger partial charge in [-0.3, -0.25) is 4.79 Å². The molecule has 6 rings (SSSR count). The molecule has 3 amide bonds. The molecule has 39 heavy (non-hydrogen) atoms. The number of nitrogens with zero attached hydrogens (tertiary/aromatic N) is 2. The fourth-order valence-electron chi connectivity index (χ4n) is 4.94. The third-order valence-electron chi connectivity index (χ3n) is 7.22. The van der Waals surface area contributed by atoms with Gasteiger partial charge in [0.15, 0.2) is 0 Å². The molecule has 1 fully saturated rings. The van der Waals surface area contributed by atoms with Crippen molar-refractivity contribution in [1.29, 1.82) is 0 Å². The van der Waals surface area contributed by atoms with E-state index in [4.69, 9.17) is 4.74 Å². The Bertz CT molecular complexity index is 1550. The minimum absolute atomic E-state index is 0.0786. The topological polar surface area (TPSA) is 61.9 Å². The zero-order valence-electron chi connectivity index (χ0n) is 22.0. The lowest BCUT2D eigenvalue weighted by Gasteiger charge is -2.28. The summed E-state index contributed by atoms with van der Waals surface area (Å²) in [5, 5.41) is 3.63. The van der Waals surface area contributed by atoms with Gasteiger partial charge in [-0.05, 0) is 74.4 Å². The van der Waals surface area contributed by atoms with Gasteiger partial charge in [0.2, 0.25) is 0 Å². The number of hydrogen-bond donors (Lipinski definition) is 1. The van der Waals surface area contributed by atoms with Crippen LogP contribution in [0.2, 0.25) is 0 Å². The first-order valence-electron chi connectivity index (χ1n) is 12.9. The van der Waals surface area contributed by atoms with Gasteiger partial charge in [-0.1, -0.05) is 66.4 Å². The quantitative estimate of drug-likeness (QED) is 0.256. The molecule has 2 heterocycles. The monoisotopic (exact) mass is 535 g/mol. The van der Waals surface area contributed by atoms with Crippen molar-refractivity contribution in [3.8, 4) is 11.5 Å². The van der Waals surface area contributed by atoms with E-state index in [0.29, 0.717) is 17.2 Å². The Balaban J connectivity index is 1.22. The van der Waals surface area contributed by atoms with Crippen molar-refractivity contribution < 1.29 is 14.3 Å². The lowest BCUT2D eigenvalue weighted by molar-refractivity contribution is -0.123. The summed E-state index contributed by atoms with van der Waals surface area (Å²) in [5.41, 5.74) is 3.81. The zero-order chi connectivity index (χ0) is 27.1. The number of aryl methyl sites for hydroxylation is 1. The molecule has 1 N–H and O–H groups in total. The third kappa shape index (κ3) is 4.63. The molecule has 0 radical (unpaired) electrons. The maximum absolute atomic E-state index is 13.7. The van der Waals surface area contributed by atoms with E-state index in [1.165, 1.54) is 15.4 Å². The van der Waals surface area contributed by atoms with Gasteiger partial charge in [0.1, 0.15) is 22.4 Å². The van der Waals surface area contributed by atoms with Crippen LogP contribution >= 0.6 is 11.8 Å². The largest absolute Gasteiger partial charge is 0.457 e. The molecule has 0 bridgehead atoms. The van der Waals surface area contributed by atoms with Crippen LogP contribution in [0, 0.1) is 6.92 Å². The zero-order valence-corrected chi connectivity index (χ0v) is 22.9. The molecule has 1 saturated heterocycles. The van der Waals surface area contributed by atoms with E-state index < -0.39 is 5.54 Å². The summed E-state index contributed by atoms with van der Waals surface area (Å²) < 4.78 is 6.11. The van der Waals surface area contributed by atoms with Crippen LogP contribution in [-0.2, 0) is 11.3 Å². The summed E-state index contributed by atoms with van der Waals surface area (Å²) in [6.07, 6.45) is 0. The molecule has 2 aliphatic heterocycles. The number of para-hydroxylation sites is 2. The number of urea groups is 1. The Morgan fingerprint density at radius 1 is 0.897 bits per heavy atom. The van der Waals surface area contributed by atoms with Crippen molar-refractivity contribution >= 4 is 35.1 Å². The first-order chi connectivity index (χ1) is 18.8. The van der Waals surface area contributed by atoms with Crippen LogP contribution in [0.5, 0.6) is 11.5 Å². The average molecular weight is 536 g/mol. The van der Waals surface area contributed by atoms with Crippen LogP contribution in [0.3, 0.4) is 0 Å². The van der Waals surface area contributed by atoms with Crippen molar-refractivity contribution in [2.75, 3.05) is 10.2 Å². The van der Waals surface area contributed by atoms with Crippen LogP contribution in [-0.4, -0.2) is 22.4 Å². The van der Waals surface area contributed by atoms with E-state index >= 15 is 0 Å². The maximum Gasteiger partial charge on any atom is 0.332 e. The van der Waals surface area contributed by atoms with Gasteiger partial charge in [0.25, 0.3) is 5.91 Å². The van der Waals surface area contributed by atoms with E-state index in [-0.39, 0.29) is 23.9 Å². The smallest absolute Gasteiger partial charge is 0.332 e. The van der Waals surface area contributed by atoms with E-state index in [9.17, 15) is 9.59 Å². The lowest BCUT2D eigenvalue weighted by Crippen LogP contribution is -2.43. The van der Waals surface area contributed by atoms with Gasteiger partial charge in [0, 0.05) is 16.1 Å². The number of fused-ring (bicyclic) bond motifs is 1. The van der Waals surface area contributed by atoms with Crippen LogP contribution < -0.4 is 15.0 Å². The van der Waals surface area contributed by atoms with Gasteiger partial charge in [-0.15, -0.1) is 0 Å². The standard InChI is InChI=1S/C32H29N3O3S/c1-21-13-18-26-28(19-21)39-29(33-26)22-14-16-24(17-15-22)35-30(36)32(2,3)34(31(35)37)20-23-9-7-8-12-27(23)38-25-10-5-4-6-11-25/h4-19,29,33H,20H2,1-3H3. The molecule has 1 atom stereocenters. The number of carbonyl (C=O) groups is 2. The second-order valence-corrected chi connectivity index (χ2v) is 11.5. The molecule has 0 spiro atoms. The number of amides is 3. The fraction of sp³-hybridized carbons (Fsp3) is 0.188. The Hall–Kier alpha value is -4.23. The number of ether oxygens (including phenoxy) is 1. The molecular weight excluding hydrogens is 506 g/mol. The maximum atomic E-state index is 13.7. The van der Waals surface area contributed by atoms with Gasteiger partial charge in [0.05, 0.1) is 12.2 Å². The summed E-state index contributed by atoms with van der Waals surface area (Å²) in [6, 6.07) is 30.9. The minimum atomic E-state index is -1.02. The molecule has 4 aromatic carbocycles. The number of hydrogen-bond acceptors (Lipinski definition) is 5. The second-order valence-electron chi connectivity index (χ2n) is 10.3. The predicted molar refractivity (Wildman–Crippen MR) is 155 cm³/mol. The number of anilines is 2. The number of rotatable bonds is 6. The molecule has 7 heteroatoms. The number of benzene rings is 4. The predicted octanol–water partition coefficient (Wildman–Crippen LogP) is 7.75. The molecule has 196 valence electrons. The summed E-state index contributed by atoms with van der Waals surface area (Å²) in [6.45, 7) is 5.92. The highest BCUT2D eigenvalue weighted by Gasteiger charge is 2.52. The number of nitrogens with one attached hydrogen (secondary N) is 1. The Morgan fingerprint density at radius 3 is 2.38 bits per heavy atom. The van der Waals surface area contributed by atoms with Crippen molar-refractivity contribution in [2.45, 2.75) is 43.1 Å². The highest BCUT2D eigenvalue weighted by atomic mass is 32.2. The van der Waals surface area contributed by atoms with E-state index in [0.717, 1.165) is 16.8 Å². The van der Waals surface area contributed by atoms with Gasteiger partial charge >= 0.3 is 6.03 Å². The first-order valence-corrected chi connectivity index (χ1v) is 13.8. The Labute approximate surface area is 232 Å². The lowest BCUT2D eigenvalue weighted by atomic mass is 10.0. The molecule has 4 aromatic rings. The number of carbonyl (C=O) groups excluding carboxylic acids is 2. The van der Waals surface area contributed by atoms with E-state index in [1.807, 2.05) is 78.9 Å². The van der Waals surface area contributed by atoms with Crippen LogP contribution in [0.15, 0.2) is 102 Å². The minimum Gasteiger partial charge on any atom is -0.457 e. The van der Waals surface area contributed by atoms with Crippen molar-refractivity contribution in [3.05, 3.63) is 114 Å². The number of imide groups is 1. The summed E-state index contributed by atoms with van der Waals surface area (Å²) >= 11 is 1.77. The van der Waals surface area contributed by atoms with Crippen LogP contribution in [0.4, 0.5) is 16.2 Å². The van der Waals surface area contributed by atoms with Crippen LogP contribution in [0.25, 0.3) is 0 Å². The van der Waals surface area contributed by atoms with Crippen molar-refractivity contribution in [1.82, 2.24) is 4.90 Å². The highest BCUT2D eigenvalue weighted by molar-refractivity contribution is 8.00. The van der Waals surface area contributed by atoms with E-state index in [2.05, 4.69) is 30.4 Å². The molecular formula is C32H29N3O3S. The second kappa shape index (κ2) is 9.82. The Kier molecular flexibility index (Phi) is 6.31. The first kappa shape index (κ1) is 25.1. The van der Waals surface area contributed by atoms with Crippen molar-refractivity contribution in [2.24, 2.45) is 0 Å². The third-order valence-corrected chi connectivity index (χ3v) is 8.44. The van der Waals surface area contributed by atoms with Crippen LogP contribution in [0.1, 0.15) is 35.9 Å². The molecule has 0 aliphatic carbocycles. The highest BCUT2D eigenvalue weighted by Crippen LogP contribution is 2.47. The SMILES string of the molecule is Cc1ccc2c(c1)SC(c1ccc(N3C(=O)N(Cc4ccccc4Oc4ccccc4)C(C)(C)C3=O)cc1)N2. The van der Waals surface area contributed by atoms with Crippen molar-refractivity contribution in [3.63, 3.8) is 0 Å². The summed E-state index contributed by atoms with van der Waals surface area (Å²) in [7, 11) is 0. The molecule has 0 aromatic heterocycles. The Morgan fingerprint density at radius 2 is 1.62 bits per heavy atom. The van der Waals surface area contributed by atoms with Gasteiger partial charge < -0.3 is 15.0 Å². The summed E-state index contributed by atoms with van der Waals surface area (Å²) in [4.78, 5) is 31.4. The average Bonchev–Trinajstić information content (AvgIpc) is 3.42. The number of thioether (sulfide) groups is 1. The molecule has 2 aliphatic rings. The van der Waals surface area contributed by atoms with Gasteiger partial charge in [-0.2, -0.15) is 0 Å². The fourth-order valence-corrected chi connectivity index (χ4v) is 6.18.